The van der Waals surface area contributed by atoms with Crippen LogP contribution in [0.4, 0.5) is 24.5 Å². The summed E-state index contributed by atoms with van der Waals surface area (Å²) in [4.78, 5) is 20.5. The van der Waals surface area contributed by atoms with E-state index in [4.69, 9.17) is 0 Å². The molecule has 1 aromatic heterocycles. The maximum Gasteiger partial charge on any atom is 0.416 e. The van der Waals surface area contributed by atoms with Gasteiger partial charge in [-0.1, -0.05) is 30.3 Å². The monoisotopic (exact) mass is 642 g/mol. The second kappa shape index (κ2) is 13.0. The number of alkyl halides is 3. The molecule has 0 aliphatic carbocycles. The van der Waals surface area contributed by atoms with Gasteiger partial charge in [-0.2, -0.15) is 17.9 Å². The molecule has 6 rings (SSSR count). The van der Waals surface area contributed by atoms with E-state index in [1.54, 1.807) is 24.3 Å². The molecule has 1 amide bonds. The van der Waals surface area contributed by atoms with Gasteiger partial charge in [-0.25, -0.2) is 0 Å². The Morgan fingerprint density at radius 3 is 1.94 bits per heavy atom. The maximum absolute atomic E-state index is 13.8. The number of hydrogen-bond donors (Lipinski definition) is 0. The Hall–Kier alpha value is -4.37. The third-order valence-electron chi connectivity index (χ3n) is 10.1. The summed E-state index contributed by atoms with van der Waals surface area (Å²) < 4.78 is 40.6. The zero-order chi connectivity index (χ0) is 33.3. The Labute approximate surface area is 274 Å². The number of nitrogens with zero attached hydrogens (tertiary/aromatic N) is 4. The number of para-hydroxylation sites is 1. The molecule has 2 aliphatic rings. The molecular weight excluding hydrogens is 601 g/mol. The Kier molecular flexibility index (Phi) is 9.03. The second-order valence-corrected chi connectivity index (χ2v) is 13.2. The fraction of sp³-hybridized carbons (Fsp3) is 0.368. The van der Waals surface area contributed by atoms with E-state index in [0.717, 1.165) is 82.7 Å². The largest absolute Gasteiger partial charge is 0.619 e. The zero-order valence-corrected chi connectivity index (χ0v) is 27.1. The molecule has 2 aliphatic heterocycles. The molecule has 246 valence electrons. The molecule has 2 fully saturated rings. The van der Waals surface area contributed by atoms with Gasteiger partial charge in [0.25, 0.3) is 5.91 Å². The van der Waals surface area contributed by atoms with Gasteiger partial charge in [0.2, 0.25) is 0 Å². The van der Waals surface area contributed by atoms with E-state index in [9.17, 15) is 23.2 Å². The van der Waals surface area contributed by atoms with Crippen molar-refractivity contribution in [2.24, 2.45) is 0 Å². The first-order valence-electron chi connectivity index (χ1n) is 16.3. The van der Waals surface area contributed by atoms with Crippen LogP contribution in [-0.2, 0) is 6.18 Å². The molecule has 0 atom stereocenters. The first-order chi connectivity index (χ1) is 22.4. The molecule has 3 heterocycles. The van der Waals surface area contributed by atoms with Crippen LogP contribution in [0.25, 0.3) is 11.1 Å². The number of rotatable bonds is 6. The van der Waals surface area contributed by atoms with Crippen LogP contribution in [0.1, 0.15) is 59.7 Å². The highest BCUT2D eigenvalue weighted by atomic mass is 19.4. The second-order valence-electron chi connectivity index (χ2n) is 13.2. The van der Waals surface area contributed by atoms with E-state index in [1.165, 1.54) is 24.5 Å². The van der Waals surface area contributed by atoms with Gasteiger partial charge >= 0.3 is 6.18 Å². The summed E-state index contributed by atoms with van der Waals surface area (Å²) in [6, 6.07) is 23.1. The standard InChI is InChI=1S/C38H41F3N4O2/c1-27-25-30(29-13-21-44(47)22-14-29)26-28(2)35(27)36(46)42-23-17-37(3,18-24-42)43-19-15-34(16-20-43)45(32-7-5-4-6-8-32)33-11-9-31(10-12-33)38(39,40)41/h4-14,21-22,25-26,34H,15-20,23-24H2,1-3H3. The molecule has 0 unspecified atom stereocenters. The third-order valence-corrected chi connectivity index (χ3v) is 10.1. The average Bonchev–Trinajstić information content (AvgIpc) is 3.06. The molecule has 0 saturated carbocycles. The molecule has 6 nitrogen and oxygen atoms in total. The van der Waals surface area contributed by atoms with Gasteiger partial charge in [-0.05, 0) is 105 Å². The first kappa shape index (κ1) is 32.6. The highest BCUT2D eigenvalue weighted by molar-refractivity contribution is 5.98. The van der Waals surface area contributed by atoms with Crippen molar-refractivity contribution in [3.05, 3.63) is 119 Å². The Morgan fingerprint density at radius 2 is 1.38 bits per heavy atom. The average molecular weight is 643 g/mol. The van der Waals surface area contributed by atoms with E-state index < -0.39 is 11.7 Å². The van der Waals surface area contributed by atoms with Crippen molar-refractivity contribution in [3.8, 4) is 11.1 Å². The number of pyridine rings is 1. The van der Waals surface area contributed by atoms with Crippen LogP contribution in [0.3, 0.4) is 0 Å². The molecule has 9 heteroatoms. The maximum atomic E-state index is 13.8. The van der Waals surface area contributed by atoms with Gasteiger partial charge in [0, 0.05) is 66.8 Å². The number of benzene rings is 3. The number of carbonyl (C=O) groups excluding carboxylic acids is 1. The molecule has 3 aromatic carbocycles. The van der Waals surface area contributed by atoms with Crippen LogP contribution in [0, 0.1) is 19.1 Å². The van der Waals surface area contributed by atoms with E-state index in [1.807, 2.05) is 61.2 Å². The Bertz CT molecular complexity index is 1670. The molecule has 0 N–H and O–H groups in total. The smallest absolute Gasteiger partial charge is 0.416 e. The first-order valence-corrected chi connectivity index (χ1v) is 16.3. The van der Waals surface area contributed by atoms with E-state index in [-0.39, 0.29) is 17.5 Å². The lowest BCUT2D eigenvalue weighted by Gasteiger charge is -2.50. The molecule has 2 saturated heterocycles. The predicted molar refractivity (Wildman–Crippen MR) is 178 cm³/mol. The number of aromatic nitrogens is 1. The van der Waals surface area contributed by atoms with Crippen molar-refractivity contribution in [3.63, 3.8) is 0 Å². The van der Waals surface area contributed by atoms with Crippen LogP contribution >= 0.6 is 0 Å². The Balaban J connectivity index is 1.11. The normalized spacial score (nSPS) is 17.4. The quantitative estimate of drug-likeness (QED) is 0.158. The Morgan fingerprint density at radius 1 is 0.830 bits per heavy atom. The van der Waals surface area contributed by atoms with Gasteiger partial charge < -0.3 is 15.0 Å². The molecule has 0 bridgehead atoms. The van der Waals surface area contributed by atoms with Crippen molar-refractivity contribution in [1.82, 2.24) is 9.80 Å². The molecule has 0 spiro atoms. The lowest BCUT2D eigenvalue weighted by Crippen LogP contribution is -2.57. The minimum absolute atomic E-state index is 0.0344. The van der Waals surface area contributed by atoms with E-state index in [2.05, 4.69) is 16.7 Å². The minimum Gasteiger partial charge on any atom is -0.619 e. The number of hydrogen-bond acceptors (Lipinski definition) is 4. The lowest BCUT2D eigenvalue weighted by atomic mass is 9.84. The highest BCUT2D eigenvalue weighted by Crippen LogP contribution is 2.38. The summed E-state index contributed by atoms with van der Waals surface area (Å²) >= 11 is 0. The van der Waals surface area contributed by atoms with Crippen molar-refractivity contribution < 1.29 is 22.7 Å². The SMILES string of the molecule is Cc1cc(-c2cc[n+]([O-])cc2)cc(C)c1C(=O)N1CCC(C)(N2CCC(N(c3ccccc3)c3ccc(C(F)(F)F)cc3)CC2)CC1. The summed E-state index contributed by atoms with van der Waals surface area (Å²) in [7, 11) is 0. The van der Waals surface area contributed by atoms with Gasteiger partial charge in [-0.15, -0.1) is 0 Å². The number of piperidine rings is 2. The number of halogens is 3. The number of carbonyl (C=O) groups is 1. The predicted octanol–water partition coefficient (Wildman–Crippen LogP) is 7.92. The molecule has 47 heavy (non-hydrogen) atoms. The fourth-order valence-corrected chi connectivity index (χ4v) is 7.37. The zero-order valence-electron chi connectivity index (χ0n) is 27.1. The van der Waals surface area contributed by atoms with Crippen LogP contribution in [0.15, 0.2) is 91.3 Å². The summed E-state index contributed by atoms with van der Waals surface area (Å²) in [5.74, 6) is 0.0628. The number of amides is 1. The molecule has 4 aromatic rings. The van der Waals surface area contributed by atoms with E-state index >= 15 is 0 Å². The number of anilines is 2. The summed E-state index contributed by atoms with van der Waals surface area (Å²) in [5, 5.41) is 11.5. The number of aryl methyl sites for hydroxylation is 2. The third kappa shape index (κ3) is 6.86. The van der Waals surface area contributed by atoms with Gasteiger partial charge in [0.1, 0.15) is 0 Å². The van der Waals surface area contributed by atoms with Crippen LogP contribution in [0.2, 0.25) is 0 Å². The van der Waals surface area contributed by atoms with Crippen LogP contribution < -0.4 is 9.63 Å². The highest BCUT2D eigenvalue weighted by Gasteiger charge is 2.40. The van der Waals surface area contributed by atoms with E-state index in [0.29, 0.717) is 13.1 Å². The van der Waals surface area contributed by atoms with Crippen molar-refractivity contribution >= 4 is 17.3 Å². The van der Waals surface area contributed by atoms with Crippen molar-refractivity contribution in [1.29, 1.82) is 0 Å². The van der Waals surface area contributed by atoms with Crippen molar-refractivity contribution in [2.75, 3.05) is 31.1 Å². The van der Waals surface area contributed by atoms with Gasteiger partial charge in [0.05, 0.1) is 5.56 Å². The van der Waals surface area contributed by atoms with Crippen molar-refractivity contribution in [2.45, 2.75) is 64.2 Å². The summed E-state index contributed by atoms with van der Waals surface area (Å²) in [6.45, 7) is 9.37. The molecule has 0 radical (unpaired) electrons. The summed E-state index contributed by atoms with van der Waals surface area (Å²) in [6.07, 6.45) is 2.10. The van der Waals surface area contributed by atoms with Gasteiger partial charge in [-0.3, -0.25) is 9.69 Å². The minimum atomic E-state index is -4.37. The van der Waals surface area contributed by atoms with Crippen LogP contribution in [0.5, 0.6) is 0 Å². The van der Waals surface area contributed by atoms with Gasteiger partial charge in [0.15, 0.2) is 12.4 Å². The lowest BCUT2D eigenvalue weighted by molar-refractivity contribution is -0.605. The van der Waals surface area contributed by atoms with Crippen LogP contribution in [-0.4, -0.2) is 53.5 Å². The topological polar surface area (TPSA) is 53.7 Å². The molecular formula is C38H41F3N4O2. The summed E-state index contributed by atoms with van der Waals surface area (Å²) in [5.41, 5.74) is 5.58. The number of likely N-dealkylation sites (tertiary alicyclic amines) is 2. The fourth-order valence-electron chi connectivity index (χ4n) is 7.37.